The van der Waals surface area contributed by atoms with E-state index in [1.165, 1.54) is 30.5 Å². The van der Waals surface area contributed by atoms with Crippen LogP contribution in [0.5, 0.6) is 0 Å². The summed E-state index contributed by atoms with van der Waals surface area (Å²) >= 11 is 0. The predicted octanol–water partition coefficient (Wildman–Crippen LogP) is 3.12. The Morgan fingerprint density at radius 2 is 2.18 bits per heavy atom. The highest BCUT2D eigenvalue weighted by Crippen LogP contribution is 2.24. The molecule has 0 saturated carbocycles. The Labute approximate surface area is 103 Å². The molecule has 1 atom stereocenters. The highest BCUT2D eigenvalue weighted by Gasteiger charge is 2.15. The molecule has 0 saturated heterocycles. The Morgan fingerprint density at radius 1 is 1.35 bits per heavy atom. The second kappa shape index (κ2) is 5.80. The standard InChI is InChI=1S/C14H21N3/c1-3-7-11(2)17-14-12-8-5-4-6-9-13(12)15-10-16-14/h3,10-11H,1,4-9H2,2H3,(H,15,16,17). The van der Waals surface area contributed by atoms with Gasteiger partial charge in [-0.2, -0.15) is 0 Å². The van der Waals surface area contributed by atoms with Crippen LogP contribution in [0.25, 0.3) is 0 Å². The number of hydrogen-bond donors (Lipinski definition) is 1. The van der Waals surface area contributed by atoms with Crippen LogP contribution in [0.4, 0.5) is 5.82 Å². The largest absolute Gasteiger partial charge is 0.367 e. The first-order valence-electron chi connectivity index (χ1n) is 6.51. The molecule has 3 heteroatoms. The molecule has 2 rings (SSSR count). The van der Waals surface area contributed by atoms with Crippen molar-refractivity contribution in [1.82, 2.24) is 9.97 Å². The maximum absolute atomic E-state index is 4.42. The molecule has 1 N–H and O–H groups in total. The Kier molecular flexibility index (Phi) is 4.13. The van der Waals surface area contributed by atoms with Gasteiger partial charge < -0.3 is 5.32 Å². The van der Waals surface area contributed by atoms with Crippen LogP contribution in [-0.4, -0.2) is 16.0 Å². The summed E-state index contributed by atoms with van der Waals surface area (Å²) in [5, 5.41) is 3.48. The van der Waals surface area contributed by atoms with Crippen molar-refractivity contribution >= 4 is 5.82 Å². The molecule has 1 unspecified atom stereocenters. The minimum atomic E-state index is 0.384. The molecule has 1 aromatic rings. The molecular formula is C14H21N3. The van der Waals surface area contributed by atoms with Crippen molar-refractivity contribution < 1.29 is 0 Å². The summed E-state index contributed by atoms with van der Waals surface area (Å²) < 4.78 is 0. The molecule has 0 aromatic carbocycles. The number of nitrogens with zero attached hydrogens (tertiary/aromatic N) is 2. The van der Waals surface area contributed by atoms with E-state index in [4.69, 9.17) is 0 Å². The van der Waals surface area contributed by atoms with Crippen LogP contribution in [0.1, 0.15) is 43.9 Å². The first kappa shape index (κ1) is 12.1. The average molecular weight is 231 g/mol. The summed E-state index contributed by atoms with van der Waals surface area (Å²) in [5.74, 6) is 1.03. The lowest BCUT2D eigenvalue weighted by Crippen LogP contribution is -2.17. The van der Waals surface area contributed by atoms with Crippen LogP contribution in [-0.2, 0) is 12.8 Å². The fourth-order valence-electron chi connectivity index (χ4n) is 2.36. The van der Waals surface area contributed by atoms with E-state index in [0.717, 1.165) is 25.1 Å². The van der Waals surface area contributed by atoms with Crippen molar-refractivity contribution in [3.8, 4) is 0 Å². The smallest absolute Gasteiger partial charge is 0.133 e. The normalized spacial score (nSPS) is 16.8. The van der Waals surface area contributed by atoms with Crippen LogP contribution in [0.3, 0.4) is 0 Å². The third-order valence-corrected chi connectivity index (χ3v) is 3.28. The zero-order valence-electron chi connectivity index (χ0n) is 10.6. The summed E-state index contributed by atoms with van der Waals surface area (Å²) in [6.45, 7) is 5.93. The number of hydrogen-bond acceptors (Lipinski definition) is 3. The van der Waals surface area contributed by atoms with E-state index in [1.807, 2.05) is 6.08 Å². The third-order valence-electron chi connectivity index (χ3n) is 3.28. The highest BCUT2D eigenvalue weighted by molar-refractivity contribution is 5.47. The van der Waals surface area contributed by atoms with Gasteiger partial charge in [0.05, 0.1) is 0 Å². The lowest BCUT2D eigenvalue weighted by atomic mass is 10.1. The summed E-state index contributed by atoms with van der Waals surface area (Å²) in [7, 11) is 0. The quantitative estimate of drug-likeness (QED) is 0.639. The maximum atomic E-state index is 4.42. The topological polar surface area (TPSA) is 37.8 Å². The van der Waals surface area contributed by atoms with E-state index in [-0.39, 0.29) is 0 Å². The lowest BCUT2D eigenvalue weighted by Gasteiger charge is -2.16. The minimum Gasteiger partial charge on any atom is -0.367 e. The monoisotopic (exact) mass is 231 g/mol. The van der Waals surface area contributed by atoms with Crippen LogP contribution in [0.15, 0.2) is 19.0 Å². The molecule has 17 heavy (non-hydrogen) atoms. The molecule has 0 fully saturated rings. The molecule has 0 radical (unpaired) electrons. The predicted molar refractivity (Wildman–Crippen MR) is 71.2 cm³/mol. The van der Waals surface area contributed by atoms with Crippen molar-refractivity contribution in [3.05, 3.63) is 30.2 Å². The molecule has 0 bridgehead atoms. The Bertz CT molecular complexity index is 387. The van der Waals surface area contributed by atoms with Crippen molar-refractivity contribution in [3.63, 3.8) is 0 Å². The van der Waals surface area contributed by atoms with Gasteiger partial charge in [0.2, 0.25) is 0 Å². The Balaban J connectivity index is 2.19. The van der Waals surface area contributed by atoms with Gasteiger partial charge in [-0.1, -0.05) is 12.5 Å². The van der Waals surface area contributed by atoms with Gasteiger partial charge in [0.25, 0.3) is 0 Å². The number of rotatable bonds is 4. The number of anilines is 1. The zero-order chi connectivity index (χ0) is 12.1. The summed E-state index contributed by atoms with van der Waals surface area (Å²) in [4.78, 5) is 8.82. The molecule has 1 heterocycles. The molecule has 0 spiro atoms. The van der Waals surface area contributed by atoms with Crippen LogP contribution >= 0.6 is 0 Å². The summed E-state index contributed by atoms with van der Waals surface area (Å²) in [5.41, 5.74) is 2.58. The molecule has 0 amide bonds. The molecule has 92 valence electrons. The van der Waals surface area contributed by atoms with Crippen molar-refractivity contribution in [1.29, 1.82) is 0 Å². The van der Waals surface area contributed by atoms with Gasteiger partial charge >= 0.3 is 0 Å². The molecule has 1 aliphatic carbocycles. The molecule has 0 aliphatic heterocycles. The second-order valence-corrected chi connectivity index (χ2v) is 4.78. The summed E-state index contributed by atoms with van der Waals surface area (Å²) in [6, 6.07) is 0.384. The fraction of sp³-hybridized carbons (Fsp3) is 0.571. The van der Waals surface area contributed by atoms with Gasteiger partial charge in [-0.25, -0.2) is 9.97 Å². The van der Waals surface area contributed by atoms with Crippen molar-refractivity contribution in [2.45, 2.75) is 51.5 Å². The van der Waals surface area contributed by atoms with Gasteiger partial charge in [0.15, 0.2) is 0 Å². The summed E-state index contributed by atoms with van der Waals surface area (Å²) in [6.07, 6.45) is 10.6. The molecular weight excluding hydrogens is 210 g/mol. The SMILES string of the molecule is C=CCC(C)Nc1ncnc2c1CCCCC2. The highest BCUT2D eigenvalue weighted by atomic mass is 15.0. The number of aryl methyl sites for hydroxylation is 1. The van der Waals surface area contributed by atoms with Crippen molar-refractivity contribution in [2.75, 3.05) is 5.32 Å². The Morgan fingerprint density at radius 3 is 3.00 bits per heavy atom. The third kappa shape index (κ3) is 3.05. The van der Waals surface area contributed by atoms with E-state index in [9.17, 15) is 0 Å². The minimum absolute atomic E-state index is 0.384. The number of aromatic nitrogens is 2. The lowest BCUT2D eigenvalue weighted by molar-refractivity contribution is 0.708. The van der Waals surface area contributed by atoms with Gasteiger partial charge in [-0.3, -0.25) is 0 Å². The van der Waals surface area contributed by atoms with Crippen molar-refractivity contribution in [2.24, 2.45) is 0 Å². The first-order valence-corrected chi connectivity index (χ1v) is 6.51. The number of nitrogens with one attached hydrogen (secondary N) is 1. The molecule has 3 nitrogen and oxygen atoms in total. The van der Waals surface area contributed by atoms with Gasteiger partial charge in [-0.05, 0) is 39.0 Å². The first-order chi connectivity index (χ1) is 8.31. The van der Waals surface area contributed by atoms with Gasteiger partial charge in [-0.15, -0.1) is 6.58 Å². The van der Waals surface area contributed by atoms with E-state index < -0.39 is 0 Å². The molecule has 1 aromatic heterocycles. The average Bonchev–Trinajstić information content (AvgIpc) is 2.55. The number of fused-ring (bicyclic) bond motifs is 1. The van der Waals surface area contributed by atoms with E-state index in [0.29, 0.717) is 6.04 Å². The fourth-order valence-corrected chi connectivity index (χ4v) is 2.36. The van der Waals surface area contributed by atoms with E-state index in [1.54, 1.807) is 6.33 Å². The Hall–Kier alpha value is -1.38. The second-order valence-electron chi connectivity index (χ2n) is 4.78. The van der Waals surface area contributed by atoms with E-state index >= 15 is 0 Å². The van der Waals surface area contributed by atoms with Gasteiger partial charge in [0, 0.05) is 17.3 Å². The van der Waals surface area contributed by atoms with Gasteiger partial charge in [0.1, 0.15) is 12.1 Å². The van der Waals surface area contributed by atoms with Crippen LogP contribution in [0, 0.1) is 0 Å². The zero-order valence-corrected chi connectivity index (χ0v) is 10.6. The van der Waals surface area contributed by atoms with E-state index in [2.05, 4.69) is 28.8 Å². The maximum Gasteiger partial charge on any atom is 0.133 e. The van der Waals surface area contributed by atoms with Crippen LogP contribution < -0.4 is 5.32 Å². The molecule has 1 aliphatic rings. The van der Waals surface area contributed by atoms with Crippen LogP contribution in [0.2, 0.25) is 0 Å².